The zero-order valence-corrected chi connectivity index (χ0v) is 15.1. The number of halogens is 1. The van der Waals surface area contributed by atoms with Crippen LogP contribution in [0.3, 0.4) is 0 Å². The van der Waals surface area contributed by atoms with Crippen LogP contribution in [0, 0.1) is 0 Å². The van der Waals surface area contributed by atoms with E-state index in [0.717, 1.165) is 12.5 Å². The zero-order valence-electron chi connectivity index (χ0n) is 11.9. The molecule has 0 saturated carbocycles. The topological polar surface area (TPSA) is 56.7 Å². The third-order valence-electron chi connectivity index (χ3n) is 2.87. The molecule has 0 spiro atoms. The third kappa shape index (κ3) is 7.86. The van der Waals surface area contributed by atoms with E-state index in [2.05, 4.69) is 15.6 Å². The molecule has 0 aromatic rings. The van der Waals surface area contributed by atoms with Gasteiger partial charge in [-0.05, 0) is 18.6 Å². The van der Waals surface area contributed by atoms with E-state index in [1.54, 1.807) is 26.0 Å². The number of nitrogens with one attached hydrogen (secondary N) is 2. The summed E-state index contributed by atoms with van der Waals surface area (Å²) in [5, 5.41) is 7.17. The first-order valence-corrected chi connectivity index (χ1v) is 7.44. The van der Waals surface area contributed by atoms with E-state index in [0.29, 0.717) is 18.2 Å². The van der Waals surface area contributed by atoms with Crippen LogP contribution < -0.4 is 10.6 Å². The third-order valence-corrected chi connectivity index (χ3v) is 4.27. The maximum absolute atomic E-state index is 11.4. The predicted octanol–water partition coefficient (Wildman–Crippen LogP) is 1.14. The van der Waals surface area contributed by atoms with E-state index < -0.39 is 0 Å². The molecule has 7 heteroatoms. The van der Waals surface area contributed by atoms with Gasteiger partial charge in [0.15, 0.2) is 5.96 Å². The molecule has 1 saturated heterocycles. The highest BCUT2D eigenvalue weighted by atomic mass is 127. The fourth-order valence-electron chi connectivity index (χ4n) is 1.75. The molecule has 19 heavy (non-hydrogen) atoms. The van der Waals surface area contributed by atoms with Crippen LogP contribution in [0.5, 0.6) is 0 Å². The number of nitrogens with zero attached hydrogens (tertiary/aromatic N) is 2. The van der Waals surface area contributed by atoms with Gasteiger partial charge in [-0.3, -0.25) is 9.79 Å². The smallest absolute Gasteiger partial charge is 0.223 e. The lowest BCUT2D eigenvalue weighted by Crippen LogP contribution is -2.41. The van der Waals surface area contributed by atoms with Crippen molar-refractivity contribution in [2.24, 2.45) is 4.99 Å². The van der Waals surface area contributed by atoms with Gasteiger partial charge in [0.25, 0.3) is 0 Å². The maximum Gasteiger partial charge on any atom is 0.223 e. The molecule has 112 valence electrons. The quantitative estimate of drug-likeness (QED) is 0.413. The summed E-state index contributed by atoms with van der Waals surface area (Å²) in [4.78, 5) is 17.2. The molecular formula is C12H25IN4OS. The lowest BCUT2D eigenvalue weighted by Gasteiger charge is -2.15. The number of carbonyl (C=O) groups is 1. The number of hydrogen-bond donors (Lipinski definition) is 2. The van der Waals surface area contributed by atoms with Crippen LogP contribution in [0.25, 0.3) is 0 Å². The van der Waals surface area contributed by atoms with Crippen molar-refractivity contribution in [1.82, 2.24) is 15.5 Å². The van der Waals surface area contributed by atoms with Gasteiger partial charge in [-0.25, -0.2) is 0 Å². The largest absolute Gasteiger partial charge is 0.356 e. The van der Waals surface area contributed by atoms with E-state index in [4.69, 9.17) is 0 Å². The Morgan fingerprint density at radius 3 is 2.68 bits per heavy atom. The molecule has 1 amide bonds. The molecule has 0 aromatic heterocycles. The average molecular weight is 400 g/mol. The number of carbonyl (C=O) groups excluding carboxylic acids is 1. The summed E-state index contributed by atoms with van der Waals surface area (Å²) < 4.78 is 0. The van der Waals surface area contributed by atoms with Gasteiger partial charge in [-0.15, -0.1) is 24.0 Å². The summed E-state index contributed by atoms with van der Waals surface area (Å²) in [6.45, 7) is 1.57. The van der Waals surface area contributed by atoms with Crippen LogP contribution in [-0.2, 0) is 4.79 Å². The van der Waals surface area contributed by atoms with Gasteiger partial charge in [-0.1, -0.05) is 0 Å². The van der Waals surface area contributed by atoms with Crippen molar-refractivity contribution in [3.05, 3.63) is 0 Å². The molecule has 1 atom stereocenters. The second-order valence-corrected chi connectivity index (χ2v) is 5.96. The summed E-state index contributed by atoms with van der Waals surface area (Å²) in [5.74, 6) is 2.19. The van der Waals surface area contributed by atoms with E-state index in [1.807, 2.05) is 11.8 Å². The van der Waals surface area contributed by atoms with Crippen molar-refractivity contribution in [1.29, 1.82) is 0 Å². The SMILES string of the molecule is CN=C(NCCC(=O)N(C)C)NCC1CCCS1.I. The Morgan fingerprint density at radius 1 is 1.42 bits per heavy atom. The number of amides is 1. The predicted molar refractivity (Wildman–Crippen MR) is 93.6 cm³/mol. The average Bonchev–Trinajstić information content (AvgIpc) is 2.86. The number of thioether (sulfide) groups is 1. The minimum absolute atomic E-state index is 0. The highest BCUT2D eigenvalue weighted by Crippen LogP contribution is 2.25. The van der Waals surface area contributed by atoms with Crippen molar-refractivity contribution in [3.63, 3.8) is 0 Å². The van der Waals surface area contributed by atoms with E-state index in [-0.39, 0.29) is 29.9 Å². The van der Waals surface area contributed by atoms with E-state index in [1.165, 1.54) is 18.6 Å². The molecule has 1 aliphatic heterocycles. The van der Waals surface area contributed by atoms with Gasteiger partial charge in [0, 0.05) is 45.9 Å². The summed E-state index contributed by atoms with van der Waals surface area (Å²) in [7, 11) is 5.30. The first-order valence-electron chi connectivity index (χ1n) is 6.39. The van der Waals surface area contributed by atoms with Crippen molar-refractivity contribution in [3.8, 4) is 0 Å². The first kappa shape index (κ1) is 18.8. The van der Waals surface area contributed by atoms with Crippen LogP contribution in [0.1, 0.15) is 19.3 Å². The normalized spacial score (nSPS) is 18.7. The van der Waals surface area contributed by atoms with Crippen molar-refractivity contribution in [2.45, 2.75) is 24.5 Å². The van der Waals surface area contributed by atoms with Gasteiger partial charge in [0.05, 0.1) is 0 Å². The number of hydrogen-bond acceptors (Lipinski definition) is 3. The second kappa shape index (κ2) is 10.6. The Labute approximate surface area is 137 Å². The summed E-state index contributed by atoms with van der Waals surface area (Å²) in [6.07, 6.45) is 3.10. The Balaban J connectivity index is 0.00000324. The number of aliphatic imine (C=N–C) groups is 1. The molecule has 1 heterocycles. The molecule has 1 unspecified atom stereocenters. The van der Waals surface area contributed by atoms with Crippen LogP contribution in [0.2, 0.25) is 0 Å². The Kier molecular flexibility index (Phi) is 10.5. The van der Waals surface area contributed by atoms with Crippen LogP contribution in [-0.4, -0.2) is 62.0 Å². The monoisotopic (exact) mass is 400 g/mol. The van der Waals surface area contributed by atoms with E-state index >= 15 is 0 Å². The molecule has 2 N–H and O–H groups in total. The lowest BCUT2D eigenvalue weighted by atomic mass is 10.2. The zero-order chi connectivity index (χ0) is 13.4. The molecule has 0 radical (unpaired) electrons. The van der Waals surface area contributed by atoms with Gasteiger partial charge in [-0.2, -0.15) is 11.8 Å². The van der Waals surface area contributed by atoms with Crippen molar-refractivity contribution in [2.75, 3.05) is 40.0 Å². The van der Waals surface area contributed by atoms with Crippen LogP contribution in [0.4, 0.5) is 0 Å². The minimum Gasteiger partial charge on any atom is -0.356 e. The van der Waals surface area contributed by atoms with Crippen molar-refractivity contribution < 1.29 is 4.79 Å². The summed E-state index contributed by atoms with van der Waals surface area (Å²) in [5.41, 5.74) is 0. The lowest BCUT2D eigenvalue weighted by molar-refractivity contribution is -0.128. The molecule has 1 aliphatic rings. The Morgan fingerprint density at radius 2 is 2.16 bits per heavy atom. The van der Waals surface area contributed by atoms with Gasteiger partial charge in [0.2, 0.25) is 5.91 Å². The van der Waals surface area contributed by atoms with Gasteiger partial charge in [0.1, 0.15) is 0 Å². The minimum atomic E-state index is 0. The molecule has 1 rings (SSSR count). The van der Waals surface area contributed by atoms with Crippen molar-refractivity contribution >= 4 is 47.6 Å². The standard InChI is InChI=1S/C12H24N4OS.HI/c1-13-12(14-7-6-11(17)16(2)3)15-9-10-5-4-8-18-10;/h10H,4-9H2,1-3H3,(H2,13,14,15);1H. The Bertz CT molecular complexity index is 293. The summed E-state index contributed by atoms with van der Waals surface area (Å²) in [6, 6.07) is 0. The van der Waals surface area contributed by atoms with Crippen LogP contribution >= 0.6 is 35.7 Å². The molecule has 1 fully saturated rings. The molecular weight excluding hydrogens is 375 g/mol. The van der Waals surface area contributed by atoms with Crippen LogP contribution in [0.15, 0.2) is 4.99 Å². The Hall–Kier alpha value is -0.180. The fourth-order valence-corrected chi connectivity index (χ4v) is 2.95. The molecule has 0 aromatic carbocycles. The van der Waals surface area contributed by atoms with Gasteiger partial charge >= 0.3 is 0 Å². The first-order chi connectivity index (χ1) is 8.63. The van der Waals surface area contributed by atoms with Gasteiger partial charge < -0.3 is 15.5 Å². The fraction of sp³-hybridized carbons (Fsp3) is 0.833. The second-order valence-electron chi connectivity index (χ2n) is 4.55. The number of rotatable bonds is 5. The maximum atomic E-state index is 11.4. The highest BCUT2D eigenvalue weighted by Gasteiger charge is 2.15. The number of guanidine groups is 1. The molecule has 0 bridgehead atoms. The van der Waals surface area contributed by atoms with E-state index in [9.17, 15) is 4.79 Å². The molecule has 5 nitrogen and oxygen atoms in total. The summed E-state index contributed by atoms with van der Waals surface area (Å²) >= 11 is 2.02. The molecule has 0 aliphatic carbocycles. The highest BCUT2D eigenvalue weighted by molar-refractivity contribution is 14.0.